The average molecular weight is 249 g/mol. The van der Waals surface area contributed by atoms with E-state index in [1.54, 1.807) is 0 Å². The zero-order valence-corrected chi connectivity index (χ0v) is 10.5. The van der Waals surface area contributed by atoms with Crippen molar-refractivity contribution in [3.63, 3.8) is 0 Å². The molecule has 4 nitrogen and oxygen atoms in total. The van der Waals surface area contributed by atoms with Crippen molar-refractivity contribution in [2.24, 2.45) is 5.73 Å². The second-order valence-corrected chi connectivity index (χ2v) is 3.98. The van der Waals surface area contributed by atoms with Gasteiger partial charge in [0.05, 0.1) is 0 Å². The first-order valence-electron chi connectivity index (χ1n) is 5.98. The Bertz CT molecular complexity index is 398. The highest BCUT2D eigenvalue weighted by Gasteiger charge is 2.11. The molecule has 98 valence electrons. The third kappa shape index (κ3) is 5.01. The maximum Gasteiger partial charge on any atom is 0.320 e. The quantitative estimate of drug-likeness (QED) is 0.725. The predicted molar refractivity (Wildman–Crippen MR) is 70.7 cm³/mol. The van der Waals surface area contributed by atoms with E-state index in [1.807, 2.05) is 36.4 Å². The molecule has 0 aromatic heterocycles. The number of allylic oxidation sites excluding steroid dienone is 1. The van der Waals surface area contributed by atoms with Crippen LogP contribution in [0.5, 0.6) is 5.75 Å². The molecule has 0 unspecified atom stereocenters. The fourth-order valence-electron chi connectivity index (χ4n) is 1.44. The molecule has 1 atom stereocenters. The number of carbonyl (C=O) groups is 1. The summed E-state index contributed by atoms with van der Waals surface area (Å²) < 4.78 is 5.48. The first-order valence-corrected chi connectivity index (χ1v) is 5.98. The van der Waals surface area contributed by atoms with Crippen LogP contribution in [0.2, 0.25) is 0 Å². The second kappa shape index (κ2) is 7.50. The van der Waals surface area contributed by atoms with Crippen molar-refractivity contribution in [3.05, 3.63) is 42.0 Å². The van der Waals surface area contributed by atoms with E-state index in [4.69, 9.17) is 15.6 Å². The summed E-state index contributed by atoms with van der Waals surface area (Å²) in [5.74, 6) is -0.219. The molecular weight excluding hydrogens is 230 g/mol. The van der Waals surface area contributed by atoms with E-state index in [1.165, 1.54) is 0 Å². The highest BCUT2D eigenvalue weighted by Crippen LogP contribution is 2.13. The van der Waals surface area contributed by atoms with Crippen LogP contribution in [0.4, 0.5) is 0 Å². The van der Waals surface area contributed by atoms with Crippen molar-refractivity contribution in [1.82, 2.24) is 0 Å². The van der Waals surface area contributed by atoms with Gasteiger partial charge in [0.25, 0.3) is 0 Å². The van der Waals surface area contributed by atoms with Gasteiger partial charge in [0.2, 0.25) is 0 Å². The molecule has 0 amide bonds. The molecule has 1 aromatic rings. The molecule has 0 heterocycles. The number of carboxylic acids is 1. The van der Waals surface area contributed by atoms with Gasteiger partial charge in [-0.3, -0.25) is 4.79 Å². The monoisotopic (exact) mass is 249 g/mol. The molecule has 0 spiro atoms. The summed E-state index contributed by atoms with van der Waals surface area (Å²) in [7, 11) is 0. The van der Waals surface area contributed by atoms with Gasteiger partial charge in [0, 0.05) is 0 Å². The molecule has 0 bridgehead atoms. The van der Waals surface area contributed by atoms with Gasteiger partial charge in [0.1, 0.15) is 18.4 Å². The Labute approximate surface area is 107 Å². The minimum atomic E-state index is -0.986. The van der Waals surface area contributed by atoms with Crippen molar-refractivity contribution < 1.29 is 14.6 Å². The van der Waals surface area contributed by atoms with Crippen molar-refractivity contribution >= 4 is 5.97 Å². The van der Waals surface area contributed by atoms with Crippen molar-refractivity contribution in [3.8, 4) is 5.75 Å². The molecule has 0 saturated carbocycles. The van der Waals surface area contributed by atoms with E-state index in [0.29, 0.717) is 13.0 Å². The van der Waals surface area contributed by atoms with Crippen LogP contribution in [0.3, 0.4) is 0 Å². The summed E-state index contributed by atoms with van der Waals surface area (Å²) >= 11 is 0. The molecule has 0 aliphatic rings. The molecule has 4 heteroatoms. The Morgan fingerprint density at radius 1 is 1.39 bits per heavy atom. The smallest absolute Gasteiger partial charge is 0.320 e. The van der Waals surface area contributed by atoms with Crippen LogP contribution in [0, 0.1) is 0 Å². The van der Waals surface area contributed by atoms with Crippen LogP contribution >= 0.6 is 0 Å². The molecular formula is C14H19NO3. The minimum Gasteiger partial charge on any atom is -0.490 e. The van der Waals surface area contributed by atoms with E-state index in [0.717, 1.165) is 17.7 Å². The molecule has 0 aliphatic heterocycles. The lowest BCUT2D eigenvalue weighted by Crippen LogP contribution is -2.32. The van der Waals surface area contributed by atoms with Gasteiger partial charge in [-0.2, -0.15) is 0 Å². The molecule has 1 aromatic carbocycles. The average Bonchev–Trinajstić information content (AvgIpc) is 2.36. The summed E-state index contributed by atoms with van der Waals surface area (Å²) in [6, 6.07) is 6.46. The van der Waals surface area contributed by atoms with E-state index < -0.39 is 12.0 Å². The van der Waals surface area contributed by atoms with Gasteiger partial charge in [0.15, 0.2) is 0 Å². The zero-order chi connectivity index (χ0) is 13.4. The lowest BCUT2D eigenvalue weighted by Gasteiger charge is -2.07. The van der Waals surface area contributed by atoms with Crippen LogP contribution < -0.4 is 10.5 Å². The summed E-state index contributed by atoms with van der Waals surface area (Å²) in [6.07, 6.45) is 5.33. The molecule has 0 fully saturated rings. The fraction of sp³-hybridized carbons (Fsp3) is 0.357. The maximum absolute atomic E-state index is 10.6. The number of benzene rings is 1. The van der Waals surface area contributed by atoms with Gasteiger partial charge in [-0.1, -0.05) is 31.2 Å². The highest BCUT2D eigenvalue weighted by atomic mass is 16.5. The van der Waals surface area contributed by atoms with Crippen molar-refractivity contribution in [2.75, 3.05) is 6.61 Å². The van der Waals surface area contributed by atoms with Crippen LogP contribution in [-0.2, 0) is 11.2 Å². The Kier molecular flexibility index (Phi) is 5.94. The third-order valence-electron chi connectivity index (χ3n) is 2.44. The Balaban J connectivity index is 2.47. The van der Waals surface area contributed by atoms with Crippen LogP contribution in [-0.4, -0.2) is 23.7 Å². The highest BCUT2D eigenvalue weighted by molar-refractivity contribution is 5.73. The van der Waals surface area contributed by atoms with Gasteiger partial charge < -0.3 is 15.6 Å². The van der Waals surface area contributed by atoms with E-state index in [9.17, 15) is 4.79 Å². The van der Waals surface area contributed by atoms with Gasteiger partial charge >= 0.3 is 5.97 Å². The molecule has 0 saturated heterocycles. The van der Waals surface area contributed by atoms with Crippen molar-refractivity contribution in [1.29, 1.82) is 0 Å². The summed E-state index contributed by atoms with van der Waals surface area (Å²) in [4.78, 5) is 10.6. The summed E-state index contributed by atoms with van der Waals surface area (Å²) in [5.41, 5.74) is 6.35. The van der Waals surface area contributed by atoms with E-state index >= 15 is 0 Å². The Morgan fingerprint density at radius 2 is 2.06 bits per heavy atom. The largest absolute Gasteiger partial charge is 0.490 e. The second-order valence-electron chi connectivity index (χ2n) is 3.98. The van der Waals surface area contributed by atoms with Gasteiger partial charge in [-0.25, -0.2) is 0 Å². The third-order valence-corrected chi connectivity index (χ3v) is 2.44. The van der Waals surface area contributed by atoms with Crippen LogP contribution in [0.1, 0.15) is 18.9 Å². The molecule has 0 aliphatic carbocycles. The number of nitrogens with two attached hydrogens (primary N) is 1. The lowest BCUT2D eigenvalue weighted by molar-refractivity contribution is -0.138. The Morgan fingerprint density at radius 3 is 2.61 bits per heavy atom. The summed E-state index contributed by atoms with van der Waals surface area (Å²) in [5, 5.41) is 8.71. The van der Waals surface area contributed by atoms with Crippen molar-refractivity contribution in [2.45, 2.75) is 25.8 Å². The van der Waals surface area contributed by atoms with E-state index in [-0.39, 0.29) is 0 Å². The number of rotatable bonds is 7. The fourth-order valence-corrected chi connectivity index (χ4v) is 1.44. The molecule has 1 rings (SSSR count). The van der Waals surface area contributed by atoms with E-state index in [2.05, 4.69) is 6.92 Å². The maximum atomic E-state index is 10.6. The van der Waals surface area contributed by atoms with Gasteiger partial charge in [-0.05, 0) is 30.5 Å². The molecule has 0 radical (unpaired) electrons. The zero-order valence-electron chi connectivity index (χ0n) is 10.5. The minimum absolute atomic E-state index is 0.325. The topological polar surface area (TPSA) is 72.5 Å². The summed E-state index contributed by atoms with van der Waals surface area (Å²) in [6.45, 7) is 2.61. The number of aliphatic carboxylic acids is 1. The SMILES string of the molecule is CCC=CCOc1ccc(C[C@H](N)C(=O)O)cc1. The van der Waals surface area contributed by atoms with Crippen LogP contribution in [0.25, 0.3) is 0 Å². The predicted octanol–water partition coefficient (Wildman–Crippen LogP) is 1.99. The van der Waals surface area contributed by atoms with Crippen LogP contribution in [0.15, 0.2) is 36.4 Å². The number of carboxylic acid groups (broad SMARTS) is 1. The standard InChI is InChI=1S/C14H19NO3/c1-2-3-4-9-18-12-7-5-11(6-8-12)10-13(15)14(16)17/h3-8,13H,2,9-10,15H2,1H3,(H,16,17)/t13-/m0/s1. The number of ether oxygens (including phenoxy) is 1. The lowest BCUT2D eigenvalue weighted by atomic mass is 10.1. The normalized spacial score (nSPS) is 12.6. The first kappa shape index (κ1) is 14.3. The first-order chi connectivity index (χ1) is 8.63. The van der Waals surface area contributed by atoms with Gasteiger partial charge in [-0.15, -0.1) is 0 Å². The molecule has 3 N–H and O–H groups in total. The Hall–Kier alpha value is -1.81. The number of hydrogen-bond donors (Lipinski definition) is 2. The molecule has 18 heavy (non-hydrogen) atoms. The number of hydrogen-bond acceptors (Lipinski definition) is 3.